The summed E-state index contributed by atoms with van der Waals surface area (Å²) >= 11 is 0. The molecule has 0 radical (unpaired) electrons. The highest BCUT2D eigenvalue weighted by Crippen LogP contribution is 2.09. The molecule has 4 N–H and O–H groups in total. The number of aryl methyl sites for hydroxylation is 1. The van der Waals surface area contributed by atoms with Crippen molar-refractivity contribution in [2.24, 2.45) is 5.92 Å². The van der Waals surface area contributed by atoms with Crippen LogP contribution < -0.4 is 15.4 Å². The van der Waals surface area contributed by atoms with E-state index in [-0.39, 0.29) is 12.6 Å². The highest BCUT2D eigenvalue weighted by molar-refractivity contribution is 5.32. The maximum absolute atomic E-state index is 8.67. The molecule has 1 atom stereocenters. The van der Waals surface area contributed by atoms with Gasteiger partial charge in [-0.25, -0.2) is 0 Å². The largest absolute Gasteiger partial charge is 0.497 e. The molecule has 2 aliphatic rings. The molecule has 1 aromatic rings. The monoisotopic (exact) mass is 356 g/mol. The third kappa shape index (κ3) is 13.3. The Kier molecular flexibility index (Phi) is 14.8. The van der Waals surface area contributed by atoms with Gasteiger partial charge >= 0.3 is 0 Å². The minimum Gasteiger partial charge on any atom is -0.497 e. The summed E-state index contributed by atoms with van der Waals surface area (Å²) in [7, 11) is 3.64. The molecule has 0 saturated carbocycles. The van der Waals surface area contributed by atoms with Crippen molar-refractivity contribution in [1.29, 1.82) is 0 Å². The van der Waals surface area contributed by atoms with Crippen molar-refractivity contribution in [2.75, 3.05) is 47.0 Å². The first-order chi connectivity index (χ1) is 12.1. The molecule has 0 bridgehead atoms. The lowest BCUT2D eigenvalue weighted by Gasteiger charge is -2.25. The fourth-order valence-corrected chi connectivity index (χ4v) is 2.00. The van der Waals surface area contributed by atoms with Gasteiger partial charge in [0.15, 0.2) is 0 Å². The van der Waals surface area contributed by atoms with Gasteiger partial charge < -0.3 is 30.3 Å². The molecular weight excluding hydrogens is 324 g/mol. The Bertz CT molecular complexity index is 418. The van der Waals surface area contributed by atoms with E-state index in [1.807, 2.05) is 31.3 Å². The van der Waals surface area contributed by atoms with Crippen LogP contribution >= 0.6 is 0 Å². The number of hydrogen-bond acceptors (Lipinski definition) is 6. The van der Waals surface area contributed by atoms with Gasteiger partial charge in [-0.2, -0.15) is 0 Å². The van der Waals surface area contributed by atoms with Crippen molar-refractivity contribution in [3.63, 3.8) is 0 Å². The molecular formula is C18H32N2O5. The summed E-state index contributed by atoms with van der Waals surface area (Å²) in [5.74, 6) is 1.71. The number of methoxy groups -OCH3 is 1. The number of β-amino-alcohol motifs (C(OH)–C–C–N with tert-alkyl or cyclic N) is 1. The predicted molar refractivity (Wildman–Crippen MR) is 98.2 cm³/mol. The molecule has 2 aliphatic heterocycles. The summed E-state index contributed by atoms with van der Waals surface area (Å²) in [6.07, 6.45) is 0.866. The number of ether oxygens (including phenoxy) is 2. The maximum Gasteiger partial charge on any atom is 0.290 e. The third-order valence-electron chi connectivity index (χ3n) is 3.49. The normalized spacial score (nSPS) is 18.2. The maximum atomic E-state index is 8.67. The summed E-state index contributed by atoms with van der Waals surface area (Å²) < 4.78 is 9.92. The fourth-order valence-electron chi connectivity index (χ4n) is 2.00. The van der Waals surface area contributed by atoms with Crippen LogP contribution in [0, 0.1) is 12.8 Å². The van der Waals surface area contributed by atoms with Crippen LogP contribution in [-0.4, -0.2) is 69.8 Å². The SMILES string of the molecule is CNCC1COC1.COc1ccc(C)cc1.O=CO.OC1CCNC1. The van der Waals surface area contributed by atoms with Gasteiger partial charge in [-0.3, -0.25) is 4.79 Å². The Hall–Kier alpha value is -1.67. The lowest BCUT2D eigenvalue weighted by Crippen LogP contribution is -2.35. The number of nitrogens with one attached hydrogen (secondary N) is 2. The summed E-state index contributed by atoms with van der Waals surface area (Å²) in [6, 6.07) is 7.96. The van der Waals surface area contributed by atoms with E-state index >= 15 is 0 Å². The second-order valence-corrected chi connectivity index (χ2v) is 5.73. The van der Waals surface area contributed by atoms with Crippen LogP contribution in [-0.2, 0) is 9.53 Å². The average molecular weight is 356 g/mol. The zero-order valence-corrected chi connectivity index (χ0v) is 15.4. The molecule has 7 nitrogen and oxygen atoms in total. The van der Waals surface area contributed by atoms with Crippen molar-refractivity contribution in [3.05, 3.63) is 29.8 Å². The topological polar surface area (TPSA) is 100 Å². The van der Waals surface area contributed by atoms with Crippen molar-refractivity contribution in [1.82, 2.24) is 10.6 Å². The lowest BCUT2D eigenvalue weighted by atomic mass is 10.1. The Balaban J connectivity index is 0.000000326. The van der Waals surface area contributed by atoms with Gasteiger partial charge in [-0.1, -0.05) is 17.7 Å². The number of aliphatic hydroxyl groups is 1. The minimum absolute atomic E-state index is 0.0648. The van der Waals surface area contributed by atoms with Crippen LogP contribution in [0.5, 0.6) is 5.75 Å². The molecule has 1 unspecified atom stereocenters. The Morgan fingerprint density at radius 2 is 1.96 bits per heavy atom. The minimum atomic E-state index is -0.250. The van der Waals surface area contributed by atoms with Crippen LogP contribution in [0.15, 0.2) is 24.3 Å². The molecule has 0 spiro atoms. The van der Waals surface area contributed by atoms with Crippen molar-refractivity contribution in [2.45, 2.75) is 19.4 Å². The highest BCUT2D eigenvalue weighted by atomic mass is 16.5. The summed E-state index contributed by atoms with van der Waals surface area (Å²) in [4.78, 5) is 8.36. The molecule has 7 heteroatoms. The number of carboxylic acid groups (broad SMARTS) is 1. The van der Waals surface area contributed by atoms with Crippen molar-refractivity contribution < 1.29 is 24.5 Å². The van der Waals surface area contributed by atoms with E-state index in [0.29, 0.717) is 0 Å². The molecule has 25 heavy (non-hydrogen) atoms. The first-order valence-corrected chi connectivity index (χ1v) is 8.37. The summed E-state index contributed by atoms with van der Waals surface area (Å²) in [6.45, 7) is 6.61. The predicted octanol–water partition coefficient (Wildman–Crippen LogP) is 0.897. The van der Waals surface area contributed by atoms with Gasteiger partial charge in [0.05, 0.1) is 26.4 Å². The second kappa shape index (κ2) is 15.8. The number of benzene rings is 1. The van der Waals surface area contributed by atoms with Gasteiger partial charge in [-0.15, -0.1) is 0 Å². The van der Waals surface area contributed by atoms with E-state index in [1.54, 1.807) is 7.11 Å². The molecule has 1 aromatic carbocycles. The second-order valence-electron chi connectivity index (χ2n) is 5.73. The molecule has 144 valence electrons. The Labute approximate surface area is 150 Å². The fraction of sp³-hybridized carbons (Fsp3) is 0.611. The van der Waals surface area contributed by atoms with Gasteiger partial charge in [0.1, 0.15) is 5.75 Å². The summed E-state index contributed by atoms with van der Waals surface area (Å²) in [5.41, 5.74) is 1.26. The van der Waals surface area contributed by atoms with Crippen LogP contribution in [0.25, 0.3) is 0 Å². The standard InChI is InChI=1S/C8H10O.C5H11NO.C4H9NO.CH2O2/c1-7-3-5-8(9-2)6-4-7;1-6-2-5-3-7-4-5;6-4-1-2-5-3-4;2-1-3/h3-6H,1-2H3;5-6H,2-4H2,1H3;4-6H,1-3H2;1H,(H,2,3). The zero-order chi connectivity index (χ0) is 18.9. The molecule has 2 heterocycles. The van der Waals surface area contributed by atoms with E-state index in [4.69, 9.17) is 24.5 Å². The Morgan fingerprint density at radius 1 is 1.36 bits per heavy atom. The van der Waals surface area contributed by atoms with Gasteiger partial charge in [0.25, 0.3) is 6.47 Å². The molecule has 0 aromatic heterocycles. The average Bonchev–Trinajstić information content (AvgIpc) is 3.05. The lowest BCUT2D eigenvalue weighted by molar-refractivity contribution is -0.122. The quantitative estimate of drug-likeness (QED) is 0.597. The van der Waals surface area contributed by atoms with E-state index < -0.39 is 0 Å². The van der Waals surface area contributed by atoms with Crippen LogP contribution in [0.2, 0.25) is 0 Å². The summed E-state index contributed by atoms with van der Waals surface area (Å²) in [5, 5.41) is 21.7. The number of rotatable bonds is 3. The van der Waals surface area contributed by atoms with Gasteiger partial charge in [0, 0.05) is 19.0 Å². The molecule has 0 aliphatic carbocycles. The smallest absolute Gasteiger partial charge is 0.290 e. The van der Waals surface area contributed by atoms with Crippen LogP contribution in [0.1, 0.15) is 12.0 Å². The first-order valence-electron chi connectivity index (χ1n) is 8.37. The third-order valence-corrected chi connectivity index (χ3v) is 3.49. The molecule has 0 amide bonds. The van der Waals surface area contributed by atoms with E-state index in [9.17, 15) is 0 Å². The van der Waals surface area contributed by atoms with E-state index in [1.165, 1.54) is 5.56 Å². The first kappa shape index (κ1) is 23.3. The highest BCUT2D eigenvalue weighted by Gasteiger charge is 2.15. The number of carbonyl (C=O) groups is 1. The molecule has 3 rings (SSSR count). The van der Waals surface area contributed by atoms with E-state index in [2.05, 4.69) is 17.6 Å². The molecule has 2 fully saturated rings. The van der Waals surface area contributed by atoms with Crippen molar-refractivity contribution >= 4 is 6.47 Å². The Morgan fingerprint density at radius 3 is 2.20 bits per heavy atom. The number of hydrogen-bond donors (Lipinski definition) is 4. The van der Waals surface area contributed by atoms with Crippen LogP contribution in [0.3, 0.4) is 0 Å². The van der Waals surface area contributed by atoms with Crippen LogP contribution in [0.4, 0.5) is 0 Å². The van der Waals surface area contributed by atoms with Gasteiger partial charge in [0.2, 0.25) is 0 Å². The van der Waals surface area contributed by atoms with Gasteiger partial charge in [-0.05, 0) is 39.1 Å². The number of aliphatic hydroxyl groups excluding tert-OH is 1. The zero-order valence-electron chi connectivity index (χ0n) is 15.4. The van der Waals surface area contributed by atoms with Crippen molar-refractivity contribution in [3.8, 4) is 5.75 Å². The molecule has 2 saturated heterocycles. The van der Waals surface area contributed by atoms with E-state index in [0.717, 1.165) is 50.9 Å².